The van der Waals surface area contributed by atoms with E-state index in [-0.39, 0.29) is 6.10 Å². The van der Waals surface area contributed by atoms with Gasteiger partial charge in [0.1, 0.15) is 0 Å². The summed E-state index contributed by atoms with van der Waals surface area (Å²) in [7, 11) is 0. The Morgan fingerprint density at radius 2 is 2.23 bits per heavy atom. The molecule has 2 fully saturated rings. The molecule has 0 aromatic carbocycles. The van der Waals surface area contributed by atoms with E-state index < -0.39 is 0 Å². The molecule has 0 amide bonds. The SMILES string of the molecule is CC1CN(C2CCCC2O)CCO1. The van der Waals surface area contributed by atoms with E-state index in [4.69, 9.17) is 4.74 Å². The van der Waals surface area contributed by atoms with E-state index in [2.05, 4.69) is 11.8 Å². The molecule has 0 aromatic rings. The Labute approximate surface area is 79.7 Å². The van der Waals surface area contributed by atoms with Crippen molar-refractivity contribution < 1.29 is 9.84 Å². The molecule has 0 spiro atoms. The molecule has 1 saturated carbocycles. The van der Waals surface area contributed by atoms with Crippen LogP contribution in [0.15, 0.2) is 0 Å². The molecule has 3 nitrogen and oxygen atoms in total. The number of morpholine rings is 1. The number of hydrogen-bond donors (Lipinski definition) is 1. The number of hydrogen-bond acceptors (Lipinski definition) is 3. The molecule has 1 saturated heterocycles. The van der Waals surface area contributed by atoms with Gasteiger partial charge in [-0.15, -0.1) is 0 Å². The molecule has 1 aliphatic carbocycles. The molecular formula is C10H19NO2. The first-order valence-corrected chi connectivity index (χ1v) is 5.31. The zero-order chi connectivity index (χ0) is 9.26. The maximum absolute atomic E-state index is 9.74. The second-order valence-corrected chi connectivity index (χ2v) is 4.24. The number of aliphatic hydroxyl groups is 1. The molecule has 1 heterocycles. The molecule has 1 aliphatic heterocycles. The van der Waals surface area contributed by atoms with Crippen LogP contribution in [0, 0.1) is 0 Å². The quantitative estimate of drug-likeness (QED) is 0.650. The first kappa shape index (κ1) is 9.44. The Morgan fingerprint density at radius 1 is 1.38 bits per heavy atom. The fourth-order valence-corrected chi connectivity index (χ4v) is 2.49. The summed E-state index contributed by atoms with van der Waals surface area (Å²) in [6.45, 7) is 4.91. The summed E-state index contributed by atoms with van der Waals surface area (Å²) in [5.41, 5.74) is 0. The predicted molar refractivity (Wildman–Crippen MR) is 50.6 cm³/mol. The van der Waals surface area contributed by atoms with Crippen molar-refractivity contribution in [1.82, 2.24) is 4.90 Å². The van der Waals surface area contributed by atoms with Gasteiger partial charge in [0.2, 0.25) is 0 Å². The second kappa shape index (κ2) is 3.95. The fraction of sp³-hybridized carbons (Fsp3) is 1.00. The summed E-state index contributed by atoms with van der Waals surface area (Å²) >= 11 is 0. The molecule has 2 aliphatic rings. The Balaban J connectivity index is 1.91. The van der Waals surface area contributed by atoms with Gasteiger partial charge in [-0.3, -0.25) is 4.90 Å². The highest BCUT2D eigenvalue weighted by atomic mass is 16.5. The average molecular weight is 185 g/mol. The Hall–Kier alpha value is -0.120. The van der Waals surface area contributed by atoms with E-state index in [9.17, 15) is 5.11 Å². The van der Waals surface area contributed by atoms with Crippen molar-refractivity contribution in [1.29, 1.82) is 0 Å². The summed E-state index contributed by atoms with van der Waals surface area (Å²) in [5, 5.41) is 9.74. The predicted octanol–water partition coefficient (Wildman–Crippen LogP) is 0.621. The topological polar surface area (TPSA) is 32.7 Å². The lowest BCUT2D eigenvalue weighted by Crippen LogP contribution is -2.49. The van der Waals surface area contributed by atoms with E-state index in [1.165, 1.54) is 6.42 Å². The highest BCUT2D eigenvalue weighted by molar-refractivity contribution is 4.87. The summed E-state index contributed by atoms with van der Waals surface area (Å²) in [6.07, 6.45) is 3.56. The molecule has 13 heavy (non-hydrogen) atoms. The summed E-state index contributed by atoms with van der Waals surface area (Å²) in [6, 6.07) is 0.409. The third-order valence-corrected chi connectivity index (χ3v) is 3.19. The highest BCUT2D eigenvalue weighted by Gasteiger charge is 2.32. The van der Waals surface area contributed by atoms with E-state index in [1.54, 1.807) is 0 Å². The van der Waals surface area contributed by atoms with Crippen molar-refractivity contribution in [2.45, 2.75) is 44.4 Å². The molecule has 76 valence electrons. The zero-order valence-electron chi connectivity index (χ0n) is 8.28. The van der Waals surface area contributed by atoms with Crippen LogP contribution in [-0.4, -0.2) is 48.0 Å². The van der Waals surface area contributed by atoms with Crippen molar-refractivity contribution >= 4 is 0 Å². The van der Waals surface area contributed by atoms with Gasteiger partial charge in [0, 0.05) is 19.1 Å². The molecule has 1 N–H and O–H groups in total. The standard InChI is InChI=1S/C10H19NO2/c1-8-7-11(5-6-13-8)9-3-2-4-10(9)12/h8-10,12H,2-7H2,1H3. The van der Waals surface area contributed by atoms with Crippen molar-refractivity contribution in [3.63, 3.8) is 0 Å². The maximum atomic E-state index is 9.74. The minimum absolute atomic E-state index is 0.0923. The van der Waals surface area contributed by atoms with Gasteiger partial charge in [0.15, 0.2) is 0 Å². The number of aliphatic hydroxyl groups excluding tert-OH is 1. The van der Waals surface area contributed by atoms with Crippen LogP contribution in [0.25, 0.3) is 0 Å². The first-order chi connectivity index (χ1) is 6.27. The van der Waals surface area contributed by atoms with Gasteiger partial charge < -0.3 is 9.84 Å². The number of ether oxygens (including phenoxy) is 1. The van der Waals surface area contributed by atoms with Crippen LogP contribution in [0.1, 0.15) is 26.2 Å². The highest BCUT2D eigenvalue weighted by Crippen LogP contribution is 2.25. The largest absolute Gasteiger partial charge is 0.391 e. The molecule has 3 heteroatoms. The molecule has 2 rings (SSSR count). The normalized spacial score (nSPS) is 42.5. The van der Waals surface area contributed by atoms with E-state index in [0.29, 0.717) is 12.1 Å². The summed E-state index contributed by atoms with van der Waals surface area (Å²) < 4.78 is 5.48. The lowest BCUT2D eigenvalue weighted by molar-refractivity contribution is -0.0508. The molecule has 0 bridgehead atoms. The van der Waals surface area contributed by atoms with E-state index in [1.807, 2.05) is 0 Å². The van der Waals surface area contributed by atoms with Crippen LogP contribution in [0.3, 0.4) is 0 Å². The van der Waals surface area contributed by atoms with Gasteiger partial charge in [-0.25, -0.2) is 0 Å². The van der Waals surface area contributed by atoms with Crippen LogP contribution < -0.4 is 0 Å². The van der Waals surface area contributed by atoms with Crippen molar-refractivity contribution in [3.8, 4) is 0 Å². The maximum Gasteiger partial charge on any atom is 0.0695 e. The van der Waals surface area contributed by atoms with E-state index in [0.717, 1.165) is 32.5 Å². The fourth-order valence-electron chi connectivity index (χ4n) is 2.49. The zero-order valence-corrected chi connectivity index (χ0v) is 8.28. The second-order valence-electron chi connectivity index (χ2n) is 4.24. The number of nitrogens with zero attached hydrogens (tertiary/aromatic N) is 1. The summed E-state index contributed by atoms with van der Waals surface area (Å²) in [4.78, 5) is 2.39. The van der Waals surface area contributed by atoms with Gasteiger partial charge in [0.05, 0.1) is 18.8 Å². The lowest BCUT2D eigenvalue weighted by atomic mass is 10.1. The minimum atomic E-state index is -0.0923. The van der Waals surface area contributed by atoms with Crippen molar-refractivity contribution in [3.05, 3.63) is 0 Å². The van der Waals surface area contributed by atoms with Gasteiger partial charge in [-0.05, 0) is 26.2 Å². The lowest BCUT2D eigenvalue weighted by Gasteiger charge is -2.36. The molecule has 0 aromatic heterocycles. The van der Waals surface area contributed by atoms with Crippen LogP contribution in [0.4, 0.5) is 0 Å². The smallest absolute Gasteiger partial charge is 0.0695 e. The van der Waals surface area contributed by atoms with E-state index >= 15 is 0 Å². The molecule has 3 atom stereocenters. The summed E-state index contributed by atoms with van der Waals surface area (Å²) in [5.74, 6) is 0. The Kier molecular flexibility index (Phi) is 2.86. The van der Waals surface area contributed by atoms with Gasteiger partial charge >= 0.3 is 0 Å². The monoisotopic (exact) mass is 185 g/mol. The average Bonchev–Trinajstić information content (AvgIpc) is 2.51. The minimum Gasteiger partial charge on any atom is -0.391 e. The van der Waals surface area contributed by atoms with Gasteiger partial charge in [-0.1, -0.05) is 0 Å². The van der Waals surface area contributed by atoms with Crippen LogP contribution in [0.2, 0.25) is 0 Å². The van der Waals surface area contributed by atoms with Gasteiger partial charge in [0.25, 0.3) is 0 Å². The Morgan fingerprint density at radius 3 is 2.85 bits per heavy atom. The van der Waals surface area contributed by atoms with Crippen molar-refractivity contribution in [2.75, 3.05) is 19.7 Å². The first-order valence-electron chi connectivity index (χ1n) is 5.31. The Bertz CT molecular complexity index is 174. The molecule has 3 unspecified atom stereocenters. The third-order valence-electron chi connectivity index (χ3n) is 3.19. The molecular weight excluding hydrogens is 166 g/mol. The van der Waals surface area contributed by atoms with Crippen LogP contribution in [0.5, 0.6) is 0 Å². The van der Waals surface area contributed by atoms with Crippen LogP contribution >= 0.6 is 0 Å². The van der Waals surface area contributed by atoms with Crippen LogP contribution in [-0.2, 0) is 4.74 Å². The van der Waals surface area contributed by atoms with Gasteiger partial charge in [-0.2, -0.15) is 0 Å². The number of rotatable bonds is 1. The van der Waals surface area contributed by atoms with Crippen molar-refractivity contribution in [2.24, 2.45) is 0 Å². The third kappa shape index (κ3) is 2.03. The molecule has 0 radical (unpaired) electrons.